The van der Waals surface area contributed by atoms with E-state index in [9.17, 15) is 4.79 Å². The summed E-state index contributed by atoms with van der Waals surface area (Å²) in [7, 11) is 1.61. The molecule has 0 radical (unpaired) electrons. The molecule has 0 aromatic heterocycles. The highest BCUT2D eigenvalue weighted by Crippen LogP contribution is 1.96. The van der Waals surface area contributed by atoms with Gasteiger partial charge < -0.3 is 15.1 Å². The SMILES string of the molecule is C=C(CO)C(=O)N(C)CCCO. The summed E-state index contributed by atoms with van der Waals surface area (Å²) < 4.78 is 0. The Labute approximate surface area is 72.1 Å². The van der Waals surface area contributed by atoms with E-state index in [0.29, 0.717) is 13.0 Å². The number of carbonyl (C=O) groups is 1. The summed E-state index contributed by atoms with van der Waals surface area (Å²) in [6.45, 7) is 3.62. The Hall–Kier alpha value is -0.870. The van der Waals surface area contributed by atoms with Gasteiger partial charge in [-0.1, -0.05) is 6.58 Å². The molecule has 0 aliphatic carbocycles. The first-order valence-corrected chi connectivity index (χ1v) is 3.78. The third-order valence-corrected chi connectivity index (χ3v) is 1.49. The van der Waals surface area contributed by atoms with E-state index in [-0.39, 0.29) is 24.7 Å². The Balaban J connectivity index is 3.84. The lowest BCUT2D eigenvalue weighted by Gasteiger charge is -2.16. The molecule has 0 heterocycles. The molecule has 2 N–H and O–H groups in total. The molecule has 4 heteroatoms. The zero-order valence-corrected chi connectivity index (χ0v) is 7.29. The lowest BCUT2D eigenvalue weighted by Crippen LogP contribution is -2.30. The maximum absolute atomic E-state index is 11.2. The van der Waals surface area contributed by atoms with Crippen LogP contribution < -0.4 is 0 Å². The molecule has 0 fully saturated rings. The van der Waals surface area contributed by atoms with Crippen molar-refractivity contribution >= 4 is 5.91 Å². The van der Waals surface area contributed by atoms with Crippen LogP contribution in [-0.4, -0.2) is 47.8 Å². The van der Waals surface area contributed by atoms with Gasteiger partial charge in [0, 0.05) is 25.8 Å². The Bertz CT molecular complexity index is 168. The van der Waals surface area contributed by atoms with Gasteiger partial charge in [-0.15, -0.1) is 0 Å². The van der Waals surface area contributed by atoms with Gasteiger partial charge in [0.1, 0.15) is 0 Å². The van der Waals surface area contributed by atoms with Crippen molar-refractivity contribution in [3.8, 4) is 0 Å². The maximum Gasteiger partial charge on any atom is 0.251 e. The summed E-state index contributed by atoms with van der Waals surface area (Å²) in [5, 5.41) is 17.1. The molecule has 0 saturated heterocycles. The molecule has 0 aromatic carbocycles. The van der Waals surface area contributed by atoms with Crippen LogP contribution in [0.5, 0.6) is 0 Å². The molecule has 12 heavy (non-hydrogen) atoms. The maximum atomic E-state index is 11.2. The molecular formula is C8H15NO3. The fourth-order valence-corrected chi connectivity index (χ4v) is 0.747. The van der Waals surface area contributed by atoms with Crippen molar-refractivity contribution in [3.05, 3.63) is 12.2 Å². The van der Waals surface area contributed by atoms with E-state index in [2.05, 4.69) is 6.58 Å². The molecule has 1 amide bonds. The number of aliphatic hydroxyl groups is 2. The highest BCUT2D eigenvalue weighted by atomic mass is 16.3. The monoisotopic (exact) mass is 173 g/mol. The predicted octanol–water partition coefficient (Wildman–Crippen LogP) is -0.624. The first kappa shape index (κ1) is 11.1. The number of aliphatic hydroxyl groups excluding tert-OH is 2. The van der Waals surface area contributed by atoms with E-state index in [1.807, 2.05) is 0 Å². The van der Waals surface area contributed by atoms with Crippen LogP contribution in [0.15, 0.2) is 12.2 Å². The highest BCUT2D eigenvalue weighted by Gasteiger charge is 2.10. The van der Waals surface area contributed by atoms with Gasteiger partial charge in [-0.3, -0.25) is 4.79 Å². The van der Waals surface area contributed by atoms with E-state index < -0.39 is 0 Å². The number of carbonyl (C=O) groups excluding carboxylic acids is 1. The van der Waals surface area contributed by atoms with Gasteiger partial charge in [0.25, 0.3) is 5.91 Å². The average molecular weight is 173 g/mol. The van der Waals surface area contributed by atoms with Gasteiger partial charge in [0.2, 0.25) is 0 Å². The van der Waals surface area contributed by atoms with Crippen LogP contribution in [0.25, 0.3) is 0 Å². The summed E-state index contributed by atoms with van der Waals surface area (Å²) in [6, 6.07) is 0. The Morgan fingerprint density at radius 1 is 1.50 bits per heavy atom. The normalized spacial score (nSPS) is 9.58. The second kappa shape index (κ2) is 5.74. The lowest BCUT2D eigenvalue weighted by molar-refractivity contribution is -0.126. The molecule has 0 atom stereocenters. The van der Waals surface area contributed by atoms with Gasteiger partial charge in [-0.25, -0.2) is 0 Å². The smallest absolute Gasteiger partial charge is 0.251 e. The van der Waals surface area contributed by atoms with Crippen molar-refractivity contribution < 1.29 is 15.0 Å². The van der Waals surface area contributed by atoms with Crippen LogP contribution in [0.2, 0.25) is 0 Å². The molecule has 4 nitrogen and oxygen atoms in total. The second-order valence-electron chi connectivity index (χ2n) is 2.57. The Morgan fingerprint density at radius 3 is 2.50 bits per heavy atom. The zero-order valence-electron chi connectivity index (χ0n) is 7.29. The first-order valence-electron chi connectivity index (χ1n) is 3.78. The van der Waals surface area contributed by atoms with Crippen LogP contribution in [0, 0.1) is 0 Å². The standard InChI is InChI=1S/C8H15NO3/c1-7(6-11)8(12)9(2)4-3-5-10/h10-11H,1,3-6H2,2H3. The number of hydrogen-bond acceptors (Lipinski definition) is 3. The third kappa shape index (κ3) is 3.50. The molecule has 0 bridgehead atoms. The van der Waals surface area contributed by atoms with Crippen molar-refractivity contribution in [1.29, 1.82) is 0 Å². The molecule has 70 valence electrons. The van der Waals surface area contributed by atoms with Crippen molar-refractivity contribution in [2.45, 2.75) is 6.42 Å². The molecular weight excluding hydrogens is 158 g/mol. The number of hydrogen-bond donors (Lipinski definition) is 2. The molecule has 0 rings (SSSR count). The Kier molecular flexibility index (Phi) is 5.32. The second-order valence-corrected chi connectivity index (χ2v) is 2.57. The number of nitrogens with zero attached hydrogens (tertiary/aromatic N) is 1. The fraction of sp³-hybridized carbons (Fsp3) is 0.625. The topological polar surface area (TPSA) is 60.8 Å². The van der Waals surface area contributed by atoms with E-state index in [0.717, 1.165) is 0 Å². The zero-order chi connectivity index (χ0) is 9.56. The van der Waals surface area contributed by atoms with Crippen LogP contribution >= 0.6 is 0 Å². The summed E-state index contributed by atoms with van der Waals surface area (Å²) in [6.07, 6.45) is 0.543. The van der Waals surface area contributed by atoms with Gasteiger partial charge in [0.05, 0.1) is 6.61 Å². The summed E-state index contributed by atoms with van der Waals surface area (Å²) in [5.74, 6) is -0.272. The number of likely N-dealkylation sites (N-methyl/N-ethyl adjacent to an activating group) is 1. The van der Waals surface area contributed by atoms with Gasteiger partial charge in [0.15, 0.2) is 0 Å². The number of rotatable bonds is 5. The van der Waals surface area contributed by atoms with E-state index in [1.165, 1.54) is 4.90 Å². The van der Waals surface area contributed by atoms with E-state index in [1.54, 1.807) is 7.05 Å². The summed E-state index contributed by atoms with van der Waals surface area (Å²) in [4.78, 5) is 12.6. The molecule has 0 unspecified atom stereocenters. The summed E-state index contributed by atoms with van der Waals surface area (Å²) in [5.41, 5.74) is 0.176. The minimum absolute atomic E-state index is 0.0588. The van der Waals surface area contributed by atoms with Gasteiger partial charge in [-0.05, 0) is 6.42 Å². The van der Waals surface area contributed by atoms with Crippen molar-refractivity contribution in [2.75, 3.05) is 26.8 Å². The fourth-order valence-electron chi connectivity index (χ4n) is 0.747. The largest absolute Gasteiger partial charge is 0.396 e. The van der Waals surface area contributed by atoms with Crippen molar-refractivity contribution in [3.63, 3.8) is 0 Å². The van der Waals surface area contributed by atoms with E-state index >= 15 is 0 Å². The van der Waals surface area contributed by atoms with Crippen LogP contribution in [0.3, 0.4) is 0 Å². The molecule has 0 aliphatic heterocycles. The van der Waals surface area contributed by atoms with Crippen LogP contribution in [0.4, 0.5) is 0 Å². The summed E-state index contributed by atoms with van der Waals surface area (Å²) >= 11 is 0. The van der Waals surface area contributed by atoms with Crippen LogP contribution in [-0.2, 0) is 4.79 Å². The Morgan fingerprint density at radius 2 is 2.08 bits per heavy atom. The van der Waals surface area contributed by atoms with E-state index in [4.69, 9.17) is 10.2 Å². The minimum atomic E-state index is -0.317. The lowest BCUT2D eigenvalue weighted by atomic mass is 10.3. The van der Waals surface area contributed by atoms with Crippen molar-refractivity contribution in [1.82, 2.24) is 4.90 Å². The minimum Gasteiger partial charge on any atom is -0.396 e. The molecule has 0 saturated carbocycles. The molecule has 0 aliphatic rings. The van der Waals surface area contributed by atoms with Gasteiger partial charge >= 0.3 is 0 Å². The third-order valence-electron chi connectivity index (χ3n) is 1.49. The molecule has 0 spiro atoms. The highest BCUT2D eigenvalue weighted by molar-refractivity contribution is 5.92. The molecule has 0 aromatic rings. The quantitative estimate of drug-likeness (QED) is 0.544. The predicted molar refractivity (Wildman–Crippen MR) is 45.6 cm³/mol. The first-order chi connectivity index (χ1) is 5.63. The van der Waals surface area contributed by atoms with Crippen LogP contribution in [0.1, 0.15) is 6.42 Å². The van der Waals surface area contributed by atoms with Crippen molar-refractivity contribution in [2.24, 2.45) is 0 Å². The number of amides is 1. The average Bonchev–Trinajstić information content (AvgIpc) is 2.11. The van der Waals surface area contributed by atoms with Gasteiger partial charge in [-0.2, -0.15) is 0 Å².